The van der Waals surface area contributed by atoms with Crippen molar-refractivity contribution >= 4 is 23.2 Å². The van der Waals surface area contributed by atoms with Crippen molar-refractivity contribution in [3.8, 4) is 0 Å². The Morgan fingerprint density at radius 2 is 1.91 bits per heavy atom. The number of amides is 1. The zero-order valence-electron chi connectivity index (χ0n) is 12.9. The molecule has 1 aliphatic heterocycles. The lowest BCUT2D eigenvalue weighted by atomic mass is 9.89. The van der Waals surface area contributed by atoms with E-state index in [4.69, 9.17) is 0 Å². The first kappa shape index (κ1) is 15.7. The van der Waals surface area contributed by atoms with Gasteiger partial charge in [-0.25, -0.2) is 0 Å². The van der Waals surface area contributed by atoms with Gasteiger partial charge >= 0.3 is 5.97 Å². The number of aliphatic carboxylic acids is 1. The molecule has 3 atom stereocenters. The largest absolute Gasteiger partial charge is 0.481 e. The van der Waals surface area contributed by atoms with Crippen molar-refractivity contribution in [3.05, 3.63) is 58.3 Å². The summed E-state index contributed by atoms with van der Waals surface area (Å²) in [7, 11) is 0. The molecular formula is C18H19NO3S. The zero-order chi connectivity index (χ0) is 16.4. The molecule has 0 bridgehead atoms. The molecule has 2 heterocycles. The third-order valence-corrected chi connectivity index (χ3v) is 5.57. The molecule has 1 aromatic heterocycles. The highest BCUT2D eigenvalue weighted by atomic mass is 32.1. The summed E-state index contributed by atoms with van der Waals surface area (Å²) in [6, 6.07) is 13.5. The van der Waals surface area contributed by atoms with Crippen LogP contribution in [0.3, 0.4) is 0 Å². The fraction of sp³-hybridized carbons (Fsp3) is 0.333. The van der Waals surface area contributed by atoms with Gasteiger partial charge in [-0.05, 0) is 23.9 Å². The molecule has 4 nitrogen and oxygen atoms in total. The summed E-state index contributed by atoms with van der Waals surface area (Å²) in [5.41, 5.74) is 0.985. The molecule has 1 N–H and O–H groups in total. The highest BCUT2D eigenvalue weighted by molar-refractivity contribution is 7.10. The predicted molar refractivity (Wildman–Crippen MR) is 89.6 cm³/mol. The van der Waals surface area contributed by atoms with Crippen LogP contribution in [-0.4, -0.2) is 35.0 Å². The van der Waals surface area contributed by atoms with E-state index in [1.165, 1.54) is 0 Å². The van der Waals surface area contributed by atoms with Gasteiger partial charge in [0.1, 0.15) is 0 Å². The van der Waals surface area contributed by atoms with Gasteiger partial charge in [0.2, 0.25) is 5.91 Å². The number of hydrogen-bond donors (Lipinski definition) is 1. The highest BCUT2D eigenvalue weighted by Gasteiger charge is 2.41. The molecule has 3 rings (SSSR count). The molecule has 0 radical (unpaired) electrons. The van der Waals surface area contributed by atoms with Crippen LogP contribution in [0.25, 0.3) is 0 Å². The van der Waals surface area contributed by atoms with Gasteiger partial charge in [0.15, 0.2) is 0 Å². The second kappa shape index (κ2) is 6.54. The molecule has 1 aliphatic rings. The average Bonchev–Trinajstić information content (AvgIpc) is 3.24. The summed E-state index contributed by atoms with van der Waals surface area (Å²) in [6.45, 7) is 2.64. The minimum absolute atomic E-state index is 0.0112. The Hall–Kier alpha value is -2.14. The summed E-state index contributed by atoms with van der Waals surface area (Å²) < 4.78 is 0. The average molecular weight is 329 g/mol. The fourth-order valence-electron chi connectivity index (χ4n) is 3.21. The van der Waals surface area contributed by atoms with E-state index in [0.717, 1.165) is 10.4 Å². The van der Waals surface area contributed by atoms with E-state index >= 15 is 0 Å². The normalized spacial score (nSPS) is 22.0. The molecule has 1 saturated heterocycles. The van der Waals surface area contributed by atoms with Gasteiger partial charge in [-0.15, -0.1) is 11.3 Å². The Morgan fingerprint density at radius 1 is 1.17 bits per heavy atom. The summed E-state index contributed by atoms with van der Waals surface area (Å²) >= 11 is 1.56. The summed E-state index contributed by atoms with van der Waals surface area (Å²) in [6.07, 6.45) is 0. The summed E-state index contributed by atoms with van der Waals surface area (Å²) in [5.74, 6) is -1.74. The summed E-state index contributed by atoms with van der Waals surface area (Å²) in [5, 5.41) is 11.5. The van der Waals surface area contributed by atoms with E-state index < -0.39 is 11.9 Å². The Morgan fingerprint density at radius 3 is 2.52 bits per heavy atom. The number of hydrogen-bond acceptors (Lipinski definition) is 3. The molecule has 0 aliphatic carbocycles. The van der Waals surface area contributed by atoms with E-state index in [0.29, 0.717) is 6.54 Å². The van der Waals surface area contributed by atoms with Crippen molar-refractivity contribution < 1.29 is 14.7 Å². The predicted octanol–water partition coefficient (Wildman–Crippen LogP) is 3.18. The molecule has 3 unspecified atom stereocenters. The first-order chi connectivity index (χ1) is 11.1. The third kappa shape index (κ3) is 3.15. The lowest BCUT2D eigenvalue weighted by Crippen LogP contribution is -2.33. The number of benzene rings is 1. The number of carboxylic acid groups (broad SMARTS) is 1. The van der Waals surface area contributed by atoms with Gasteiger partial charge in [0.25, 0.3) is 0 Å². The van der Waals surface area contributed by atoms with Gasteiger partial charge in [-0.2, -0.15) is 0 Å². The molecule has 2 aromatic rings. The quantitative estimate of drug-likeness (QED) is 0.937. The van der Waals surface area contributed by atoms with Crippen LogP contribution in [0.4, 0.5) is 0 Å². The molecule has 1 fully saturated rings. The number of thiophene rings is 1. The molecule has 5 heteroatoms. The lowest BCUT2D eigenvalue weighted by Gasteiger charge is -2.20. The maximum Gasteiger partial charge on any atom is 0.308 e. The van der Waals surface area contributed by atoms with Crippen molar-refractivity contribution in [1.29, 1.82) is 0 Å². The first-order valence-electron chi connectivity index (χ1n) is 7.68. The van der Waals surface area contributed by atoms with Gasteiger partial charge < -0.3 is 10.0 Å². The van der Waals surface area contributed by atoms with Crippen LogP contribution >= 0.6 is 11.3 Å². The molecule has 120 valence electrons. The monoisotopic (exact) mass is 329 g/mol. The molecule has 0 spiro atoms. The van der Waals surface area contributed by atoms with E-state index in [-0.39, 0.29) is 24.3 Å². The minimum Gasteiger partial charge on any atom is -0.481 e. The van der Waals surface area contributed by atoms with Crippen molar-refractivity contribution in [2.24, 2.45) is 5.92 Å². The van der Waals surface area contributed by atoms with Gasteiger partial charge in [0.05, 0.1) is 11.8 Å². The van der Waals surface area contributed by atoms with Crippen LogP contribution in [-0.2, 0) is 9.59 Å². The minimum atomic E-state index is -0.835. The number of nitrogens with zero attached hydrogens (tertiary/aromatic N) is 1. The number of carbonyl (C=O) groups excluding carboxylic acids is 1. The Bertz CT molecular complexity index is 684. The van der Waals surface area contributed by atoms with Gasteiger partial charge in [-0.3, -0.25) is 9.59 Å². The molecule has 1 aromatic carbocycles. The van der Waals surface area contributed by atoms with Crippen molar-refractivity contribution in [1.82, 2.24) is 4.90 Å². The van der Waals surface area contributed by atoms with Gasteiger partial charge in [-0.1, -0.05) is 36.4 Å². The number of carbonyl (C=O) groups is 2. The molecule has 0 saturated carbocycles. The van der Waals surface area contributed by atoms with E-state index in [9.17, 15) is 14.7 Å². The van der Waals surface area contributed by atoms with Crippen LogP contribution in [0, 0.1) is 5.92 Å². The first-order valence-corrected chi connectivity index (χ1v) is 8.56. The maximum absolute atomic E-state index is 12.7. The standard InChI is InChI=1S/C18H19NO3S/c1-12(16-8-5-9-23-16)17(20)19-10-14(15(11-19)18(21)22)13-6-3-2-4-7-13/h2-9,12,14-15H,10-11H2,1H3,(H,21,22). The van der Waals surface area contributed by atoms with Crippen LogP contribution in [0.5, 0.6) is 0 Å². The maximum atomic E-state index is 12.7. The van der Waals surface area contributed by atoms with E-state index in [1.54, 1.807) is 16.2 Å². The Kier molecular flexibility index (Phi) is 4.48. The zero-order valence-corrected chi connectivity index (χ0v) is 13.7. The molecular weight excluding hydrogens is 310 g/mol. The second-order valence-electron chi connectivity index (χ2n) is 5.94. The third-order valence-electron chi connectivity index (χ3n) is 4.52. The van der Waals surface area contributed by atoms with E-state index in [2.05, 4.69) is 0 Å². The number of likely N-dealkylation sites (tertiary alicyclic amines) is 1. The van der Waals surface area contributed by atoms with Crippen molar-refractivity contribution in [2.75, 3.05) is 13.1 Å². The smallest absolute Gasteiger partial charge is 0.308 e. The summed E-state index contributed by atoms with van der Waals surface area (Å²) in [4.78, 5) is 27.1. The van der Waals surface area contributed by atoms with E-state index in [1.807, 2.05) is 54.8 Å². The van der Waals surface area contributed by atoms with Crippen LogP contribution < -0.4 is 0 Å². The van der Waals surface area contributed by atoms with Crippen LogP contribution in [0.1, 0.15) is 29.2 Å². The molecule has 1 amide bonds. The fourth-order valence-corrected chi connectivity index (χ4v) is 3.98. The highest BCUT2D eigenvalue weighted by Crippen LogP contribution is 2.35. The Labute approximate surface area is 139 Å². The lowest BCUT2D eigenvalue weighted by molar-refractivity contribution is -0.141. The van der Waals surface area contributed by atoms with Gasteiger partial charge in [0, 0.05) is 23.9 Å². The second-order valence-corrected chi connectivity index (χ2v) is 6.92. The SMILES string of the molecule is CC(C(=O)N1CC(C(=O)O)C(c2ccccc2)C1)c1cccs1. The topological polar surface area (TPSA) is 57.6 Å². The van der Waals surface area contributed by atoms with Crippen LogP contribution in [0.2, 0.25) is 0 Å². The van der Waals surface area contributed by atoms with Crippen molar-refractivity contribution in [3.63, 3.8) is 0 Å². The Balaban J connectivity index is 1.80. The number of carboxylic acids is 1. The van der Waals surface area contributed by atoms with Crippen molar-refractivity contribution in [2.45, 2.75) is 18.8 Å². The number of rotatable bonds is 4. The molecule has 23 heavy (non-hydrogen) atoms. The van der Waals surface area contributed by atoms with Crippen LogP contribution in [0.15, 0.2) is 47.8 Å².